The smallest absolute Gasteiger partial charge is 0.322 e. The Morgan fingerprint density at radius 2 is 2.12 bits per heavy atom. The molecule has 1 aliphatic rings. The molecule has 1 aromatic rings. The number of morpholine rings is 1. The van der Waals surface area contributed by atoms with E-state index in [4.69, 9.17) is 16.3 Å². The van der Waals surface area contributed by atoms with Crippen molar-refractivity contribution in [3.05, 3.63) is 27.7 Å². The lowest BCUT2D eigenvalue weighted by Gasteiger charge is -2.27. The zero-order chi connectivity index (χ0) is 12.3. The minimum atomic E-state index is -0.145. The van der Waals surface area contributed by atoms with Crippen LogP contribution in [-0.4, -0.2) is 37.2 Å². The standard InChI is InChI=1S/C11H12BrClN2O2/c12-8-1-2-9(13)10(7-8)14-11(16)15-3-5-17-6-4-15/h1-2,7H,3-6H2,(H,14,16). The third-order valence-corrected chi connectivity index (χ3v) is 3.29. The van der Waals surface area contributed by atoms with Crippen molar-refractivity contribution in [3.8, 4) is 0 Å². The number of nitrogens with zero attached hydrogens (tertiary/aromatic N) is 1. The highest BCUT2D eigenvalue weighted by Gasteiger charge is 2.17. The van der Waals surface area contributed by atoms with Gasteiger partial charge in [-0.2, -0.15) is 0 Å². The van der Waals surface area contributed by atoms with E-state index in [1.807, 2.05) is 6.07 Å². The molecule has 1 aliphatic heterocycles. The number of anilines is 1. The summed E-state index contributed by atoms with van der Waals surface area (Å²) in [5.41, 5.74) is 0.609. The van der Waals surface area contributed by atoms with Gasteiger partial charge in [0.2, 0.25) is 0 Å². The van der Waals surface area contributed by atoms with Gasteiger partial charge >= 0.3 is 6.03 Å². The van der Waals surface area contributed by atoms with Crippen molar-refractivity contribution in [2.24, 2.45) is 0 Å². The van der Waals surface area contributed by atoms with Crippen LogP contribution in [0, 0.1) is 0 Å². The van der Waals surface area contributed by atoms with E-state index in [2.05, 4.69) is 21.2 Å². The maximum absolute atomic E-state index is 11.9. The van der Waals surface area contributed by atoms with Crippen LogP contribution in [0.2, 0.25) is 5.02 Å². The molecule has 0 radical (unpaired) electrons. The quantitative estimate of drug-likeness (QED) is 0.864. The Hall–Kier alpha value is -0.780. The number of hydrogen-bond donors (Lipinski definition) is 1. The summed E-state index contributed by atoms with van der Waals surface area (Å²) in [5.74, 6) is 0. The zero-order valence-corrected chi connectivity index (χ0v) is 11.4. The maximum atomic E-state index is 11.9. The van der Waals surface area contributed by atoms with Crippen molar-refractivity contribution >= 4 is 39.2 Å². The summed E-state index contributed by atoms with van der Waals surface area (Å²) in [7, 11) is 0. The van der Waals surface area contributed by atoms with Gasteiger partial charge < -0.3 is 15.0 Å². The lowest BCUT2D eigenvalue weighted by molar-refractivity contribution is 0.0564. The number of ether oxygens (including phenoxy) is 1. The van der Waals surface area contributed by atoms with Crippen LogP contribution in [0.15, 0.2) is 22.7 Å². The molecule has 0 spiro atoms. The second-order valence-corrected chi connectivity index (χ2v) is 4.98. The summed E-state index contributed by atoms with van der Waals surface area (Å²) in [4.78, 5) is 13.6. The SMILES string of the molecule is O=C(Nc1cc(Br)ccc1Cl)N1CCOCC1. The number of halogens is 2. The number of urea groups is 1. The number of hydrogen-bond acceptors (Lipinski definition) is 2. The predicted octanol–water partition coefficient (Wildman–Crippen LogP) is 2.97. The van der Waals surface area contributed by atoms with E-state index >= 15 is 0 Å². The van der Waals surface area contributed by atoms with E-state index in [1.54, 1.807) is 17.0 Å². The number of carbonyl (C=O) groups excluding carboxylic acids is 1. The molecule has 0 bridgehead atoms. The van der Waals surface area contributed by atoms with Crippen LogP contribution in [0.5, 0.6) is 0 Å². The third kappa shape index (κ3) is 3.34. The fourth-order valence-electron chi connectivity index (χ4n) is 1.55. The van der Waals surface area contributed by atoms with E-state index in [0.717, 1.165) is 4.47 Å². The van der Waals surface area contributed by atoms with Crippen molar-refractivity contribution in [1.82, 2.24) is 4.90 Å². The summed E-state index contributed by atoms with van der Waals surface area (Å²) in [5, 5.41) is 3.31. The molecule has 0 aliphatic carbocycles. The van der Waals surface area contributed by atoms with Crippen molar-refractivity contribution in [1.29, 1.82) is 0 Å². The van der Waals surface area contributed by atoms with Gasteiger partial charge in [-0.15, -0.1) is 0 Å². The average Bonchev–Trinajstić information content (AvgIpc) is 2.35. The van der Waals surface area contributed by atoms with Gasteiger partial charge in [0.25, 0.3) is 0 Å². The first kappa shape index (κ1) is 12.7. The third-order valence-electron chi connectivity index (χ3n) is 2.47. The van der Waals surface area contributed by atoms with Crippen LogP contribution >= 0.6 is 27.5 Å². The van der Waals surface area contributed by atoms with Gasteiger partial charge in [-0.25, -0.2) is 4.79 Å². The minimum Gasteiger partial charge on any atom is -0.378 e. The Morgan fingerprint density at radius 1 is 1.41 bits per heavy atom. The summed E-state index contributed by atoms with van der Waals surface area (Å²) in [6.07, 6.45) is 0. The molecule has 92 valence electrons. The topological polar surface area (TPSA) is 41.6 Å². The van der Waals surface area contributed by atoms with Gasteiger partial charge in [0.1, 0.15) is 0 Å². The molecule has 1 heterocycles. The number of nitrogens with one attached hydrogen (secondary N) is 1. The molecule has 1 fully saturated rings. The Balaban J connectivity index is 2.04. The lowest BCUT2D eigenvalue weighted by atomic mass is 10.3. The molecule has 17 heavy (non-hydrogen) atoms. The summed E-state index contributed by atoms with van der Waals surface area (Å²) >= 11 is 9.34. The first-order chi connectivity index (χ1) is 8.16. The molecule has 0 aromatic heterocycles. The first-order valence-corrected chi connectivity index (χ1v) is 6.42. The molecular weight excluding hydrogens is 307 g/mol. The summed E-state index contributed by atoms with van der Waals surface area (Å²) in [6, 6.07) is 5.20. The van der Waals surface area contributed by atoms with Crippen LogP contribution in [0.1, 0.15) is 0 Å². The number of carbonyl (C=O) groups is 1. The fourth-order valence-corrected chi connectivity index (χ4v) is 2.08. The highest BCUT2D eigenvalue weighted by molar-refractivity contribution is 9.10. The van der Waals surface area contributed by atoms with Crippen molar-refractivity contribution in [2.45, 2.75) is 0 Å². The second-order valence-electron chi connectivity index (χ2n) is 3.65. The van der Waals surface area contributed by atoms with Gasteiger partial charge in [-0.05, 0) is 18.2 Å². The van der Waals surface area contributed by atoms with Gasteiger partial charge in [0, 0.05) is 17.6 Å². The Morgan fingerprint density at radius 3 is 2.82 bits per heavy atom. The summed E-state index contributed by atoms with van der Waals surface area (Å²) in [6.45, 7) is 2.38. The highest BCUT2D eigenvalue weighted by atomic mass is 79.9. The highest BCUT2D eigenvalue weighted by Crippen LogP contribution is 2.25. The molecular formula is C11H12BrClN2O2. The zero-order valence-electron chi connectivity index (χ0n) is 9.08. The lowest BCUT2D eigenvalue weighted by Crippen LogP contribution is -2.43. The van der Waals surface area contributed by atoms with Gasteiger partial charge in [-0.3, -0.25) is 0 Å². The van der Waals surface area contributed by atoms with Gasteiger partial charge in [0.15, 0.2) is 0 Å². The van der Waals surface area contributed by atoms with E-state index in [0.29, 0.717) is 37.0 Å². The van der Waals surface area contributed by atoms with Crippen LogP contribution in [0.4, 0.5) is 10.5 Å². The Bertz CT molecular complexity index is 422. The Kier molecular flexibility index (Phi) is 4.25. The van der Waals surface area contributed by atoms with E-state index in [-0.39, 0.29) is 6.03 Å². The van der Waals surface area contributed by atoms with Crippen LogP contribution < -0.4 is 5.32 Å². The van der Waals surface area contributed by atoms with E-state index in [1.165, 1.54) is 0 Å². The molecule has 0 unspecified atom stereocenters. The monoisotopic (exact) mass is 318 g/mol. The molecule has 1 aromatic carbocycles. The molecule has 2 rings (SSSR count). The largest absolute Gasteiger partial charge is 0.378 e. The molecule has 0 atom stereocenters. The van der Waals surface area contributed by atoms with Crippen LogP contribution in [0.3, 0.4) is 0 Å². The molecule has 1 N–H and O–H groups in total. The van der Waals surface area contributed by atoms with E-state index in [9.17, 15) is 4.79 Å². The van der Waals surface area contributed by atoms with E-state index < -0.39 is 0 Å². The normalized spacial score (nSPS) is 15.8. The molecule has 4 nitrogen and oxygen atoms in total. The molecule has 2 amide bonds. The minimum absolute atomic E-state index is 0.145. The number of benzene rings is 1. The maximum Gasteiger partial charge on any atom is 0.322 e. The predicted molar refractivity (Wildman–Crippen MR) is 70.6 cm³/mol. The molecule has 1 saturated heterocycles. The fraction of sp³-hybridized carbons (Fsp3) is 0.364. The first-order valence-electron chi connectivity index (χ1n) is 5.25. The second kappa shape index (κ2) is 5.71. The number of rotatable bonds is 1. The molecule has 0 saturated carbocycles. The number of amides is 2. The van der Waals surface area contributed by atoms with Crippen molar-refractivity contribution < 1.29 is 9.53 Å². The van der Waals surface area contributed by atoms with Crippen molar-refractivity contribution in [3.63, 3.8) is 0 Å². The Labute approximate surface area is 113 Å². The average molecular weight is 320 g/mol. The molecule has 6 heteroatoms. The van der Waals surface area contributed by atoms with Gasteiger partial charge in [0.05, 0.1) is 23.9 Å². The van der Waals surface area contributed by atoms with Gasteiger partial charge in [-0.1, -0.05) is 27.5 Å². The summed E-state index contributed by atoms with van der Waals surface area (Å²) < 4.78 is 6.06. The van der Waals surface area contributed by atoms with Crippen LogP contribution in [-0.2, 0) is 4.74 Å². The van der Waals surface area contributed by atoms with Crippen molar-refractivity contribution in [2.75, 3.05) is 31.6 Å². The van der Waals surface area contributed by atoms with Crippen LogP contribution in [0.25, 0.3) is 0 Å².